The first kappa shape index (κ1) is 15.0. The van der Waals surface area contributed by atoms with E-state index in [-0.39, 0.29) is 17.1 Å². The number of likely N-dealkylation sites (tertiary alicyclic amines) is 1. The lowest BCUT2D eigenvalue weighted by Crippen LogP contribution is -2.32. The van der Waals surface area contributed by atoms with Crippen LogP contribution in [0.3, 0.4) is 0 Å². The molecule has 4 nitrogen and oxygen atoms in total. The summed E-state index contributed by atoms with van der Waals surface area (Å²) in [6, 6.07) is 7.20. The van der Waals surface area contributed by atoms with Gasteiger partial charge < -0.3 is 10.2 Å². The molecule has 1 fully saturated rings. The third-order valence-corrected chi connectivity index (χ3v) is 3.96. The predicted molar refractivity (Wildman–Crippen MR) is 83.2 cm³/mol. The van der Waals surface area contributed by atoms with Crippen LogP contribution < -0.4 is 5.32 Å². The van der Waals surface area contributed by atoms with Crippen LogP contribution in [0.15, 0.2) is 24.3 Å². The summed E-state index contributed by atoms with van der Waals surface area (Å²) >= 11 is 3.11. The summed E-state index contributed by atoms with van der Waals surface area (Å²) in [5.41, 5.74) is 1.16. The molecule has 2 rings (SSSR count). The van der Waals surface area contributed by atoms with Gasteiger partial charge in [-0.3, -0.25) is 9.59 Å². The summed E-state index contributed by atoms with van der Waals surface area (Å²) in [5.74, 6) is -0.140. The number of nitrogens with zero attached hydrogens (tertiary/aromatic N) is 1. The number of carbonyl (C=O) groups is 2. The molecule has 108 valence electrons. The second kappa shape index (κ2) is 7.43. The average molecular weight is 339 g/mol. The minimum atomic E-state index is -0.152. The lowest BCUT2D eigenvalue weighted by atomic mass is 10.1. The van der Waals surface area contributed by atoms with Gasteiger partial charge in [-0.25, -0.2) is 0 Å². The molecule has 0 unspecified atom stereocenters. The van der Waals surface area contributed by atoms with Gasteiger partial charge in [-0.15, -0.1) is 0 Å². The molecule has 2 amide bonds. The highest BCUT2D eigenvalue weighted by Crippen LogP contribution is 2.20. The molecule has 0 bridgehead atoms. The second-order valence-corrected chi connectivity index (χ2v) is 5.49. The van der Waals surface area contributed by atoms with Crippen LogP contribution in [0.4, 0.5) is 5.69 Å². The quantitative estimate of drug-likeness (QED) is 0.861. The molecule has 1 aromatic rings. The molecule has 1 N–H and O–H groups in total. The van der Waals surface area contributed by atoms with E-state index in [9.17, 15) is 9.59 Å². The van der Waals surface area contributed by atoms with Gasteiger partial charge in [-0.05, 0) is 25.0 Å². The topological polar surface area (TPSA) is 49.4 Å². The summed E-state index contributed by atoms with van der Waals surface area (Å²) in [5, 5.41) is 2.98. The van der Waals surface area contributed by atoms with Crippen LogP contribution in [0.25, 0.3) is 0 Å². The predicted octanol–water partition coefficient (Wildman–Crippen LogP) is 3.04. The van der Waals surface area contributed by atoms with E-state index in [4.69, 9.17) is 0 Å². The maximum atomic E-state index is 12.6. The number of benzene rings is 1. The highest BCUT2D eigenvalue weighted by Gasteiger charge is 2.20. The van der Waals surface area contributed by atoms with Gasteiger partial charge in [0.05, 0.1) is 16.6 Å². The number of nitrogens with one attached hydrogen (secondary N) is 1. The Morgan fingerprint density at radius 2 is 1.75 bits per heavy atom. The number of alkyl halides is 1. The van der Waals surface area contributed by atoms with Crippen LogP contribution in [-0.2, 0) is 4.79 Å². The first-order chi connectivity index (χ1) is 9.72. The monoisotopic (exact) mass is 338 g/mol. The van der Waals surface area contributed by atoms with Gasteiger partial charge in [0.2, 0.25) is 5.91 Å². The summed E-state index contributed by atoms with van der Waals surface area (Å²) in [7, 11) is 0. The number of hydrogen-bond acceptors (Lipinski definition) is 2. The van der Waals surface area contributed by atoms with Crippen molar-refractivity contribution in [2.45, 2.75) is 25.7 Å². The summed E-state index contributed by atoms with van der Waals surface area (Å²) < 4.78 is 0. The van der Waals surface area contributed by atoms with E-state index in [0.717, 1.165) is 25.9 Å². The van der Waals surface area contributed by atoms with Gasteiger partial charge in [0, 0.05) is 13.1 Å². The van der Waals surface area contributed by atoms with Crippen molar-refractivity contribution in [1.82, 2.24) is 4.90 Å². The third kappa shape index (κ3) is 3.82. The molecule has 1 saturated heterocycles. The minimum absolute atomic E-state index is 0.0115. The fraction of sp³-hybridized carbons (Fsp3) is 0.467. The lowest BCUT2D eigenvalue weighted by molar-refractivity contribution is -0.113. The van der Waals surface area contributed by atoms with Crippen molar-refractivity contribution in [3.63, 3.8) is 0 Å². The Balaban J connectivity index is 2.18. The van der Waals surface area contributed by atoms with E-state index in [1.807, 2.05) is 17.0 Å². The standard InChI is InChI=1S/C15H19BrN2O2/c16-11-14(19)17-13-8-4-3-7-12(13)15(20)18-9-5-1-2-6-10-18/h3-4,7-8H,1-2,5-6,9-11H2,(H,17,19). The zero-order valence-corrected chi connectivity index (χ0v) is 13.0. The zero-order valence-electron chi connectivity index (χ0n) is 11.4. The van der Waals surface area contributed by atoms with Gasteiger partial charge in [-0.2, -0.15) is 0 Å². The van der Waals surface area contributed by atoms with Crippen LogP contribution in [0.5, 0.6) is 0 Å². The van der Waals surface area contributed by atoms with Gasteiger partial charge in [-0.1, -0.05) is 40.9 Å². The molecule has 5 heteroatoms. The van der Waals surface area contributed by atoms with Crippen molar-refractivity contribution in [1.29, 1.82) is 0 Å². The molecule has 1 aromatic carbocycles. The van der Waals surface area contributed by atoms with E-state index >= 15 is 0 Å². The number of rotatable bonds is 3. The Morgan fingerprint density at radius 3 is 2.40 bits per heavy atom. The molecule has 1 heterocycles. The van der Waals surface area contributed by atoms with Gasteiger partial charge in [0.1, 0.15) is 0 Å². The summed E-state index contributed by atoms with van der Waals surface area (Å²) in [6.45, 7) is 1.61. The van der Waals surface area contributed by atoms with Crippen molar-refractivity contribution < 1.29 is 9.59 Å². The van der Waals surface area contributed by atoms with Crippen molar-refractivity contribution in [3.05, 3.63) is 29.8 Å². The second-order valence-electron chi connectivity index (χ2n) is 4.93. The van der Waals surface area contributed by atoms with Crippen LogP contribution in [0.2, 0.25) is 0 Å². The molecule has 0 aromatic heterocycles. The summed E-state index contributed by atoms with van der Waals surface area (Å²) in [6.07, 6.45) is 4.49. The first-order valence-corrected chi connectivity index (χ1v) is 8.08. The highest BCUT2D eigenvalue weighted by molar-refractivity contribution is 9.09. The Hall–Kier alpha value is -1.36. The van der Waals surface area contributed by atoms with E-state index in [1.165, 1.54) is 12.8 Å². The molecule has 20 heavy (non-hydrogen) atoms. The van der Waals surface area contributed by atoms with E-state index in [2.05, 4.69) is 21.2 Å². The fourth-order valence-corrected chi connectivity index (χ4v) is 2.55. The molecule has 0 saturated carbocycles. The number of carbonyl (C=O) groups excluding carboxylic acids is 2. The zero-order chi connectivity index (χ0) is 14.4. The molecular formula is C15H19BrN2O2. The van der Waals surface area contributed by atoms with Crippen LogP contribution in [-0.4, -0.2) is 35.1 Å². The lowest BCUT2D eigenvalue weighted by Gasteiger charge is -2.21. The largest absolute Gasteiger partial charge is 0.339 e. The molecule has 1 aliphatic rings. The Morgan fingerprint density at radius 1 is 1.10 bits per heavy atom. The summed E-state index contributed by atoms with van der Waals surface area (Å²) in [4.78, 5) is 26.0. The minimum Gasteiger partial charge on any atom is -0.339 e. The van der Waals surface area contributed by atoms with Gasteiger partial charge in [0.15, 0.2) is 0 Å². The molecule has 0 atom stereocenters. The van der Waals surface area contributed by atoms with Crippen molar-refractivity contribution in [2.24, 2.45) is 0 Å². The third-order valence-electron chi connectivity index (χ3n) is 3.45. The maximum Gasteiger partial charge on any atom is 0.255 e. The van der Waals surface area contributed by atoms with Crippen molar-refractivity contribution in [3.8, 4) is 0 Å². The number of para-hydroxylation sites is 1. The number of hydrogen-bond donors (Lipinski definition) is 1. The average Bonchev–Trinajstić information content (AvgIpc) is 2.76. The van der Waals surface area contributed by atoms with E-state index in [0.29, 0.717) is 11.3 Å². The number of halogens is 1. The smallest absolute Gasteiger partial charge is 0.255 e. The maximum absolute atomic E-state index is 12.6. The van der Waals surface area contributed by atoms with Crippen LogP contribution >= 0.6 is 15.9 Å². The van der Waals surface area contributed by atoms with Crippen molar-refractivity contribution >= 4 is 33.4 Å². The molecule has 0 spiro atoms. The normalized spacial score (nSPS) is 15.6. The van der Waals surface area contributed by atoms with E-state index < -0.39 is 0 Å². The van der Waals surface area contributed by atoms with E-state index in [1.54, 1.807) is 12.1 Å². The number of anilines is 1. The Bertz CT molecular complexity index is 483. The van der Waals surface area contributed by atoms with Crippen LogP contribution in [0, 0.1) is 0 Å². The fourth-order valence-electron chi connectivity index (χ4n) is 2.41. The molecule has 0 aliphatic carbocycles. The first-order valence-electron chi connectivity index (χ1n) is 6.96. The SMILES string of the molecule is O=C(CBr)Nc1ccccc1C(=O)N1CCCCCC1. The Labute approximate surface area is 127 Å². The highest BCUT2D eigenvalue weighted by atomic mass is 79.9. The molecule has 1 aliphatic heterocycles. The van der Waals surface area contributed by atoms with Crippen LogP contribution in [0.1, 0.15) is 36.0 Å². The van der Waals surface area contributed by atoms with Gasteiger partial charge in [0.25, 0.3) is 5.91 Å². The van der Waals surface area contributed by atoms with Crippen molar-refractivity contribution in [2.75, 3.05) is 23.7 Å². The number of amides is 2. The Kier molecular flexibility index (Phi) is 5.59. The van der Waals surface area contributed by atoms with Gasteiger partial charge >= 0.3 is 0 Å². The molecule has 0 radical (unpaired) electrons. The molecular weight excluding hydrogens is 320 g/mol.